The van der Waals surface area contributed by atoms with E-state index < -0.39 is 11.7 Å². The topological polar surface area (TPSA) is 68.0 Å². The van der Waals surface area contributed by atoms with Crippen LogP contribution in [-0.4, -0.2) is 10.9 Å². The Morgan fingerprint density at radius 1 is 1.40 bits per heavy atom. The molecule has 0 fully saturated rings. The first kappa shape index (κ1) is 12.6. The second kappa shape index (κ2) is 4.92. The fraction of sp³-hybridized carbons (Fsp3) is 0.200. The smallest absolute Gasteiger partial charge is 0.254 e. The Morgan fingerprint density at radius 3 is 3.05 bits per heavy atom. The summed E-state index contributed by atoms with van der Waals surface area (Å²) in [5, 5.41) is 2.86. The lowest BCUT2D eigenvalue weighted by molar-refractivity contribution is 0.0932. The summed E-state index contributed by atoms with van der Waals surface area (Å²) in [6, 6.07) is 6.95. The van der Waals surface area contributed by atoms with Crippen molar-refractivity contribution in [2.75, 3.05) is 5.73 Å². The molecule has 0 aliphatic heterocycles. The molecule has 0 saturated heterocycles. The fourth-order valence-corrected chi connectivity index (χ4v) is 2.58. The quantitative estimate of drug-likeness (QED) is 0.823. The number of aromatic nitrogens is 1. The molecule has 1 aliphatic rings. The van der Waals surface area contributed by atoms with Crippen LogP contribution in [0.5, 0.6) is 0 Å². The third-order valence-electron chi connectivity index (χ3n) is 3.57. The number of fused-ring (bicyclic) bond motifs is 1. The average Bonchev–Trinajstić information content (AvgIpc) is 2.81. The molecule has 0 saturated carbocycles. The Bertz CT molecular complexity index is 672. The molecule has 3 N–H and O–H groups in total. The van der Waals surface area contributed by atoms with E-state index in [2.05, 4.69) is 10.3 Å². The van der Waals surface area contributed by atoms with E-state index >= 15 is 0 Å². The van der Waals surface area contributed by atoms with Crippen molar-refractivity contribution in [1.82, 2.24) is 10.3 Å². The van der Waals surface area contributed by atoms with Crippen LogP contribution in [0.2, 0.25) is 0 Å². The number of nitrogens with one attached hydrogen (secondary N) is 1. The monoisotopic (exact) mass is 271 g/mol. The molecule has 1 atom stereocenters. The number of carbonyl (C=O) groups is 1. The summed E-state index contributed by atoms with van der Waals surface area (Å²) in [6.45, 7) is 0. The van der Waals surface area contributed by atoms with Gasteiger partial charge >= 0.3 is 0 Å². The number of pyridine rings is 1. The number of nitrogen functional groups attached to an aromatic ring is 1. The lowest BCUT2D eigenvalue weighted by atomic mass is 10.1. The molecule has 1 aromatic carbocycles. The maximum atomic E-state index is 13.5. The van der Waals surface area contributed by atoms with Gasteiger partial charge in [0.05, 0.1) is 17.8 Å². The number of benzene rings is 1. The minimum Gasteiger partial charge on any atom is -0.399 e. The number of rotatable bonds is 2. The van der Waals surface area contributed by atoms with Gasteiger partial charge in [0.2, 0.25) is 0 Å². The minimum atomic E-state index is -0.611. The van der Waals surface area contributed by atoms with Crippen LogP contribution in [-0.2, 0) is 6.42 Å². The van der Waals surface area contributed by atoms with E-state index in [1.165, 1.54) is 12.3 Å². The highest BCUT2D eigenvalue weighted by molar-refractivity contribution is 5.94. The van der Waals surface area contributed by atoms with Crippen LogP contribution in [0.1, 0.15) is 33.9 Å². The van der Waals surface area contributed by atoms with Crippen LogP contribution < -0.4 is 11.1 Å². The van der Waals surface area contributed by atoms with Gasteiger partial charge in [0, 0.05) is 11.9 Å². The van der Waals surface area contributed by atoms with Crippen molar-refractivity contribution in [3.05, 3.63) is 59.2 Å². The molecule has 4 nitrogen and oxygen atoms in total. The fourth-order valence-electron chi connectivity index (χ4n) is 2.58. The number of aryl methyl sites for hydroxylation is 1. The number of nitrogens with two attached hydrogens (primary N) is 1. The summed E-state index contributed by atoms with van der Waals surface area (Å²) in [7, 11) is 0. The highest BCUT2D eigenvalue weighted by atomic mass is 19.1. The molecule has 0 radical (unpaired) electrons. The van der Waals surface area contributed by atoms with E-state index in [1.54, 1.807) is 0 Å². The molecule has 2 aromatic rings. The van der Waals surface area contributed by atoms with Gasteiger partial charge in [-0.3, -0.25) is 9.78 Å². The van der Waals surface area contributed by atoms with Gasteiger partial charge in [-0.1, -0.05) is 6.07 Å². The SMILES string of the molecule is Nc1ccc2c(c1)CCC2NC(=O)c1ccncc1F. The molecule has 1 heterocycles. The molecule has 1 amide bonds. The maximum Gasteiger partial charge on any atom is 0.254 e. The number of nitrogens with zero attached hydrogens (tertiary/aromatic N) is 1. The molecule has 20 heavy (non-hydrogen) atoms. The number of carbonyl (C=O) groups excluding carboxylic acids is 1. The Morgan fingerprint density at radius 2 is 2.25 bits per heavy atom. The van der Waals surface area contributed by atoms with Crippen LogP contribution >= 0.6 is 0 Å². The van der Waals surface area contributed by atoms with E-state index in [-0.39, 0.29) is 11.6 Å². The number of anilines is 1. The molecule has 0 bridgehead atoms. The summed E-state index contributed by atoms with van der Waals surface area (Å²) < 4.78 is 13.5. The Balaban J connectivity index is 1.81. The molecule has 0 spiro atoms. The van der Waals surface area contributed by atoms with E-state index in [0.717, 1.165) is 35.9 Å². The number of amides is 1. The van der Waals surface area contributed by atoms with Crippen molar-refractivity contribution in [2.45, 2.75) is 18.9 Å². The van der Waals surface area contributed by atoms with Crippen molar-refractivity contribution in [2.24, 2.45) is 0 Å². The highest BCUT2D eigenvalue weighted by Crippen LogP contribution is 2.32. The van der Waals surface area contributed by atoms with E-state index in [9.17, 15) is 9.18 Å². The Kier molecular flexibility index (Phi) is 3.10. The molecular weight excluding hydrogens is 257 g/mol. The van der Waals surface area contributed by atoms with Crippen molar-refractivity contribution >= 4 is 11.6 Å². The summed E-state index contributed by atoms with van der Waals surface area (Å²) in [6.07, 6.45) is 4.11. The number of hydrogen-bond donors (Lipinski definition) is 2. The summed E-state index contributed by atoms with van der Waals surface area (Å²) in [4.78, 5) is 15.7. The van der Waals surface area contributed by atoms with E-state index in [0.29, 0.717) is 0 Å². The standard InChI is InChI=1S/C15H14FN3O/c16-13-8-18-6-5-12(13)15(20)19-14-4-1-9-7-10(17)2-3-11(9)14/h2-3,5-8,14H,1,4,17H2,(H,19,20). The zero-order chi connectivity index (χ0) is 14.1. The summed E-state index contributed by atoms with van der Waals surface area (Å²) in [5.74, 6) is -1.03. The maximum absolute atomic E-state index is 13.5. The van der Waals surface area contributed by atoms with Gasteiger partial charge in [-0.15, -0.1) is 0 Å². The number of hydrogen-bond acceptors (Lipinski definition) is 3. The van der Waals surface area contributed by atoms with Crippen LogP contribution in [0.25, 0.3) is 0 Å². The first-order chi connectivity index (χ1) is 9.65. The lowest BCUT2D eigenvalue weighted by Crippen LogP contribution is -2.28. The van der Waals surface area contributed by atoms with E-state index in [1.807, 2.05) is 18.2 Å². The van der Waals surface area contributed by atoms with Gasteiger partial charge in [-0.05, 0) is 42.2 Å². The van der Waals surface area contributed by atoms with Crippen LogP contribution in [0.3, 0.4) is 0 Å². The normalized spacial score (nSPS) is 16.8. The van der Waals surface area contributed by atoms with Gasteiger partial charge in [0.25, 0.3) is 5.91 Å². The molecule has 1 unspecified atom stereocenters. The zero-order valence-electron chi connectivity index (χ0n) is 10.8. The average molecular weight is 271 g/mol. The number of halogens is 1. The van der Waals surface area contributed by atoms with Crippen molar-refractivity contribution in [1.29, 1.82) is 0 Å². The Hall–Kier alpha value is -2.43. The first-order valence-corrected chi connectivity index (χ1v) is 6.44. The van der Waals surface area contributed by atoms with Crippen molar-refractivity contribution in [3.8, 4) is 0 Å². The van der Waals surface area contributed by atoms with Crippen molar-refractivity contribution in [3.63, 3.8) is 0 Å². The highest BCUT2D eigenvalue weighted by Gasteiger charge is 2.25. The summed E-state index contributed by atoms with van der Waals surface area (Å²) in [5.41, 5.74) is 8.68. The second-order valence-corrected chi connectivity index (χ2v) is 4.88. The van der Waals surface area contributed by atoms with Gasteiger partial charge < -0.3 is 11.1 Å². The van der Waals surface area contributed by atoms with Crippen LogP contribution in [0.4, 0.5) is 10.1 Å². The summed E-state index contributed by atoms with van der Waals surface area (Å²) >= 11 is 0. The van der Waals surface area contributed by atoms with Gasteiger partial charge in [-0.2, -0.15) is 0 Å². The molecule has 1 aliphatic carbocycles. The third kappa shape index (κ3) is 2.22. The van der Waals surface area contributed by atoms with Gasteiger partial charge in [-0.25, -0.2) is 4.39 Å². The molecule has 102 valence electrons. The van der Waals surface area contributed by atoms with Crippen LogP contribution in [0.15, 0.2) is 36.7 Å². The molecule has 5 heteroatoms. The lowest BCUT2D eigenvalue weighted by Gasteiger charge is -2.14. The van der Waals surface area contributed by atoms with E-state index in [4.69, 9.17) is 5.73 Å². The van der Waals surface area contributed by atoms with Gasteiger partial charge in [0.1, 0.15) is 0 Å². The second-order valence-electron chi connectivity index (χ2n) is 4.88. The molecule has 1 aromatic heterocycles. The molecular formula is C15H14FN3O. The van der Waals surface area contributed by atoms with Crippen LogP contribution in [0, 0.1) is 5.82 Å². The zero-order valence-corrected chi connectivity index (χ0v) is 10.8. The van der Waals surface area contributed by atoms with Crippen molar-refractivity contribution < 1.29 is 9.18 Å². The first-order valence-electron chi connectivity index (χ1n) is 6.44. The minimum absolute atomic E-state index is 0.0175. The largest absolute Gasteiger partial charge is 0.399 e. The Labute approximate surface area is 115 Å². The van der Waals surface area contributed by atoms with Gasteiger partial charge in [0.15, 0.2) is 5.82 Å². The molecule has 3 rings (SSSR count). The third-order valence-corrected chi connectivity index (χ3v) is 3.57. The predicted molar refractivity (Wildman–Crippen MR) is 73.6 cm³/mol. The predicted octanol–water partition coefficient (Wildman–Crippen LogP) is 2.22.